The molecule has 0 aromatic rings. The minimum atomic E-state index is -2.36. The second-order valence-corrected chi connectivity index (χ2v) is 10.1. The Labute approximate surface area is 98.4 Å². The Bertz CT molecular complexity index is 23.0. The van der Waals surface area contributed by atoms with Gasteiger partial charge in [0.15, 0.2) is 0 Å². The zero-order valence-corrected chi connectivity index (χ0v) is 5.84. The summed E-state index contributed by atoms with van der Waals surface area (Å²) in [5.74, 6) is 0. The first kappa shape index (κ1) is 12.0. The molecule has 0 bridgehead atoms. The quantitative estimate of drug-likeness (QED) is 0.569. The third-order valence-corrected chi connectivity index (χ3v) is 0. The molecule has 0 radical (unpaired) electrons. The predicted octanol–water partition coefficient (Wildman–Crippen LogP) is 2.11. The average molecular weight is 241 g/mol. The summed E-state index contributed by atoms with van der Waals surface area (Å²) in [4.78, 5) is 0. The van der Waals surface area contributed by atoms with Crippen LogP contribution < -0.4 is 0 Å². The van der Waals surface area contributed by atoms with Crippen LogP contribution in [-0.4, -0.2) is 51.4 Å². The number of halogens is 4. The molecular formula is HCl4KNi. The Morgan fingerprint density at radius 1 is 0.833 bits per heavy atom. The van der Waals surface area contributed by atoms with Crippen molar-refractivity contribution in [2.45, 2.75) is 0 Å². The Hall–Kier alpha value is 3.29. The van der Waals surface area contributed by atoms with Gasteiger partial charge in [-0.1, -0.05) is 0 Å². The molecule has 6 heavy (non-hydrogen) atoms. The molecule has 0 N–H and O–H groups in total. The second-order valence-electron chi connectivity index (χ2n) is 0.271. The van der Waals surface area contributed by atoms with Crippen LogP contribution in [0.1, 0.15) is 0 Å². The third kappa shape index (κ3) is 26.6. The first-order valence-corrected chi connectivity index (χ1v) is 5.91. The Morgan fingerprint density at radius 3 is 0.833 bits per heavy atom. The molecule has 0 aliphatic rings. The zero-order chi connectivity index (χ0) is 4.50. The molecule has 0 aliphatic carbocycles. The molecule has 0 aliphatic heterocycles. The van der Waals surface area contributed by atoms with Gasteiger partial charge < -0.3 is 0 Å². The zero-order valence-electron chi connectivity index (χ0n) is 1.83. The van der Waals surface area contributed by atoms with Gasteiger partial charge in [0.2, 0.25) is 0 Å². The van der Waals surface area contributed by atoms with Gasteiger partial charge in [0, 0.05) is 0 Å². The number of hydrogen-bond acceptors (Lipinski definition) is 0. The van der Waals surface area contributed by atoms with Crippen molar-refractivity contribution in [3.8, 4) is 0 Å². The van der Waals surface area contributed by atoms with E-state index in [2.05, 4.69) is 0 Å². The molecule has 0 aromatic carbocycles. The van der Waals surface area contributed by atoms with E-state index in [1.54, 1.807) is 0 Å². The van der Waals surface area contributed by atoms with Gasteiger partial charge in [-0.25, -0.2) is 0 Å². The van der Waals surface area contributed by atoms with Gasteiger partial charge in [0.25, 0.3) is 0 Å². The van der Waals surface area contributed by atoms with Crippen molar-refractivity contribution in [2.24, 2.45) is 0 Å². The first-order chi connectivity index (χ1) is 2.00. The van der Waals surface area contributed by atoms with Crippen molar-refractivity contribution < 1.29 is 8.82 Å². The van der Waals surface area contributed by atoms with Crippen molar-refractivity contribution >= 4 is 92.2 Å². The average Bonchev–Trinajstić information content (AvgIpc) is 0.722. The monoisotopic (exact) mass is 238 g/mol. The molecule has 0 heterocycles. The molecule has 0 rings (SSSR count). The molecule has 6 heteroatoms. The Balaban J connectivity index is 0. The van der Waals surface area contributed by atoms with Crippen molar-refractivity contribution in [1.29, 1.82) is 0 Å². The van der Waals surface area contributed by atoms with Crippen LogP contribution in [0.15, 0.2) is 0 Å². The van der Waals surface area contributed by atoms with Crippen molar-refractivity contribution in [3.05, 3.63) is 0 Å². The minimum absolute atomic E-state index is 0. The van der Waals surface area contributed by atoms with E-state index in [1.165, 1.54) is 0 Å². The van der Waals surface area contributed by atoms with Gasteiger partial charge in [-0.05, 0) is 0 Å². The normalized spacial score (nSPS) is 12.7. The van der Waals surface area contributed by atoms with E-state index in [9.17, 15) is 0 Å². The summed E-state index contributed by atoms with van der Waals surface area (Å²) in [6, 6.07) is 0. The Morgan fingerprint density at radius 2 is 0.833 bits per heavy atom. The van der Waals surface area contributed by atoms with Gasteiger partial charge >= 0.3 is 101 Å². The van der Waals surface area contributed by atoms with E-state index in [0.717, 1.165) is 0 Å². The molecule has 0 spiro atoms. The number of rotatable bonds is 0. The van der Waals surface area contributed by atoms with Gasteiger partial charge in [0.05, 0.1) is 0 Å². The van der Waals surface area contributed by atoms with Crippen molar-refractivity contribution in [1.82, 2.24) is 0 Å². The van der Waals surface area contributed by atoms with Crippen LogP contribution in [0.4, 0.5) is 0 Å². The molecular weight excluding hydrogens is 240 g/mol. The SMILES string of the molecule is [Cl][Ni]([Cl])([Cl])[Cl].[KH]. The summed E-state index contributed by atoms with van der Waals surface area (Å²) >= 11 is 0. The van der Waals surface area contributed by atoms with Crippen LogP contribution in [0.2, 0.25) is 0 Å². The van der Waals surface area contributed by atoms with Crippen LogP contribution in [0.3, 0.4) is 0 Å². The molecule has 0 atom stereocenters. The summed E-state index contributed by atoms with van der Waals surface area (Å²) in [6.07, 6.45) is 0. The van der Waals surface area contributed by atoms with Gasteiger partial charge in [-0.2, -0.15) is 0 Å². The Kier molecular flexibility index (Phi) is 10.2. The summed E-state index contributed by atoms with van der Waals surface area (Å²) < 4.78 is 0. The predicted molar refractivity (Wildman–Crippen MR) is 30.6 cm³/mol. The molecule has 0 fully saturated rings. The maximum absolute atomic E-state index is 4.92. The van der Waals surface area contributed by atoms with Gasteiger partial charge in [-0.15, -0.1) is 0 Å². The van der Waals surface area contributed by atoms with Crippen LogP contribution >= 0.6 is 40.8 Å². The summed E-state index contributed by atoms with van der Waals surface area (Å²) in [5.41, 5.74) is 0. The van der Waals surface area contributed by atoms with E-state index >= 15 is 0 Å². The van der Waals surface area contributed by atoms with Gasteiger partial charge in [-0.3, -0.25) is 0 Å². The van der Waals surface area contributed by atoms with Crippen LogP contribution in [0, 0.1) is 0 Å². The van der Waals surface area contributed by atoms with E-state index in [1.807, 2.05) is 0 Å². The van der Waals surface area contributed by atoms with E-state index < -0.39 is 8.82 Å². The fourth-order valence-electron chi connectivity index (χ4n) is 0. The van der Waals surface area contributed by atoms with E-state index in [4.69, 9.17) is 40.8 Å². The first-order valence-electron chi connectivity index (χ1n) is 0.478. The van der Waals surface area contributed by atoms with Crippen molar-refractivity contribution in [2.75, 3.05) is 0 Å². The standard InChI is InChI=1S/4ClH.K.Ni.H/h4*1H;;;/q;;;;;+4;/p-4. The van der Waals surface area contributed by atoms with Crippen LogP contribution in [0.25, 0.3) is 0 Å². The van der Waals surface area contributed by atoms with E-state index in [-0.39, 0.29) is 51.4 Å². The summed E-state index contributed by atoms with van der Waals surface area (Å²) in [5, 5.41) is 0. The fourth-order valence-corrected chi connectivity index (χ4v) is 0. The van der Waals surface area contributed by atoms with Crippen molar-refractivity contribution in [3.63, 3.8) is 0 Å². The molecule has 0 saturated heterocycles. The molecule has 0 unspecified atom stereocenters. The van der Waals surface area contributed by atoms with E-state index in [0.29, 0.717) is 0 Å². The molecule has 40 valence electrons. The maximum atomic E-state index is 4.92. The van der Waals surface area contributed by atoms with Crippen LogP contribution in [0.5, 0.6) is 0 Å². The molecule has 0 saturated carbocycles. The summed E-state index contributed by atoms with van der Waals surface area (Å²) in [7, 11) is 17.3. The molecule has 0 nitrogen and oxygen atoms in total. The molecule has 0 aromatic heterocycles. The number of hydrogen-bond donors (Lipinski definition) is 0. The third-order valence-electron chi connectivity index (χ3n) is 0. The summed E-state index contributed by atoms with van der Waals surface area (Å²) in [6.45, 7) is 0. The topological polar surface area (TPSA) is 0 Å². The fraction of sp³-hybridized carbons (Fsp3) is 0. The molecule has 0 amide bonds. The van der Waals surface area contributed by atoms with Crippen LogP contribution in [-0.2, 0) is 8.82 Å². The van der Waals surface area contributed by atoms with Gasteiger partial charge in [0.1, 0.15) is 0 Å². The second kappa shape index (κ2) is 5.10.